The molecule has 1 heterocycles. The second-order valence-corrected chi connectivity index (χ2v) is 4.65. The maximum absolute atomic E-state index is 9.30. The Kier molecular flexibility index (Phi) is 4.99. The lowest BCUT2D eigenvalue weighted by molar-refractivity contribution is 0.0829. The maximum atomic E-state index is 9.30. The molecule has 1 saturated heterocycles. The van der Waals surface area contributed by atoms with Gasteiger partial charge in [0.15, 0.2) is 0 Å². The molecule has 4 heteroatoms. The summed E-state index contributed by atoms with van der Waals surface area (Å²) in [5, 5.41) is 18.6. The number of nitrogens with zero attached hydrogens (tertiary/aromatic N) is 1. The predicted molar refractivity (Wildman–Crippen MR) is 69.6 cm³/mol. The highest BCUT2D eigenvalue weighted by molar-refractivity contribution is 5.20. The molecule has 2 N–H and O–H groups in total. The summed E-state index contributed by atoms with van der Waals surface area (Å²) < 4.78 is 5.65. The Bertz CT molecular complexity index is 332. The Labute approximate surface area is 108 Å². The zero-order valence-electron chi connectivity index (χ0n) is 10.5. The lowest BCUT2D eigenvalue weighted by Gasteiger charge is -2.27. The van der Waals surface area contributed by atoms with E-state index >= 15 is 0 Å². The molecule has 1 aromatic carbocycles. The number of aliphatic hydroxyl groups is 2. The summed E-state index contributed by atoms with van der Waals surface area (Å²) in [6.45, 7) is 1.63. The molecule has 0 spiro atoms. The zero-order valence-corrected chi connectivity index (χ0v) is 10.5. The monoisotopic (exact) mass is 251 g/mol. The maximum Gasteiger partial charge on any atom is 0.119 e. The number of ether oxygens (including phenoxy) is 1. The fourth-order valence-electron chi connectivity index (χ4n) is 2.56. The minimum atomic E-state index is 0.155. The summed E-state index contributed by atoms with van der Waals surface area (Å²) in [5.74, 6) is 0.859. The highest BCUT2D eigenvalue weighted by Crippen LogP contribution is 2.23. The van der Waals surface area contributed by atoms with Crippen LogP contribution in [0.5, 0.6) is 5.75 Å². The SMILES string of the molecule is OC[C@@H]1CC[C@H](CO)N1CCOc1ccccc1. The minimum absolute atomic E-state index is 0.155. The fourth-order valence-corrected chi connectivity index (χ4v) is 2.56. The molecular weight excluding hydrogens is 230 g/mol. The number of likely N-dealkylation sites (tertiary alicyclic amines) is 1. The lowest BCUT2D eigenvalue weighted by atomic mass is 10.2. The fraction of sp³-hybridized carbons (Fsp3) is 0.571. The zero-order chi connectivity index (χ0) is 12.8. The number of aliphatic hydroxyl groups excluding tert-OH is 2. The molecule has 0 aromatic heterocycles. The lowest BCUT2D eigenvalue weighted by Crippen LogP contribution is -2.42. The van der Waals surface area contributed by atoms with Crippen LogP contribution in [0.1, 0.15) is 12.8 Å². The van der Waals surface area contributed by atoms with E-state index in [0.717, 1.165) is 25.1 Å². The third kappa shape index (κ3) is 3.22. The van der Waals surface area contributed by atoms with Gasteiger partial charge < -0.3 is 14.9 Å². The summed E-state index contributed by atoms with van der Waals surface area (Å²) in [6.07, 6.45) is 1.90. The van der Waals surface area contributed by atoms with Gasteiger partial charge in [-0.05, 0) is 25.0 Å². The molecule has 2 rings (SSSR count). The van der Waals surface area contributed by atoms with Crippen molar-refractivity contribution < 1.29 is 14.9 Å². The molecular formula is C14H21NO3. The second-order valence-electron chi connectivity index (χ2n) is 4.65. The molecule has 0 bridgehead atoms. The Balaban J connectivity index is 1.81. The van der Waals surface area contributed by atoms with Crippen LogP contribution in [0.25, 0.3) is 0 Å². The number of hydrogen-bond donors (Lipinski definition) is 2. The van der Waals surface area contributed by atoms with Gasteiger partial charge in [-0.25, -0.2) is 0 Å². The van der Waals surface area contributed by atoms with E-state index in [1.54, 1.807) is 0 Å². The van der Waals surface area contributed by atoms with Gasteiger partial charge in [0.2, 0.25) is 0 Å². The molecule has 0 aliphatic carbocycles. The normalized spacial score (nSPS) is 24.3. The molecule has 0 radical (unpaired) electrons. The molecule has 100 valence electrons. The summed E-state index contributed by atoms with van der Waals surface area (Å²) in [6, 6.07) is 10.0. The number of rotatable bonds is 6. The van der Waals surface area contributed by atoms with Crippen molar-refractivity contribution in [3.63, 3.8) is 0 Å². The average Bonchev–Trinajstić information content (AvgIpc) is 2.82. The van der Waals surface area contributed by atoms with Gasteiger partial charge in [0.25, 0.3) is 0 Å². The second kappa shape index (κ2) is 6.73. The first kappa shape index (κ1) is 13.3. The van der Waals surface area contributed by atoms with Crippen LogP contribution in [0.2, 0.25) is 0 Å². The van der Waals surface area contributed by atoms with Crippen LogP contribution < -0.4 is 4.74 Å². The number of benzene rings is 1. The molecule has 1 aromatic rings. The smallest absolute Gasteiger partial charge is 0.119 e. The minimum Gasteiger partial charge on any atom is -0.492 e. The Hall–Kier alpha value is -1.10. The molecule has 18 heavy (non-hydrogen) atoms. The van der Waals surface area contributed by atoms with E-state index < -0.39 is 0 Å². The Morgan fingerprint density at radius 1 is 1.06 bits per heavy atom. The molecule has 0 saturated carbocycles. The van der Waals surface area contributed by atoms with Crippen LogP contribution >= 0.6 is 0 Å². The first-order chi connectivity index (χ1) is 8.85. The summed E-state index contributed by atoms with van der Waals surface area (Å²) in [4.78, 5) is 2.16. The van der Waals surface area contributed by atoms with Gasteiger partial charge in [-0.15, -0.1) is 0 Å². The quantitative estimate of drug-likeness (QED) is 0.788. The Morgan fingerprint density at radius 3 is 2.22 bits per heavy atom. The van der Waals surface area contributed by atoms with E-state index in [1.165, 1.54) is 0 Å². The van der Waals surface area contributed by atoms with Gasteiger partial charge in [-0.2, -0.15) is 0 Å². The van der Waals surface area contributed by atoms with Crippen molar-refractivity contribution in [3.8, 4) is 5.75 Å². The molecule has 4 nitrogen and oxygen atoms in total. The van der Waals surface area contributed by atoms with Gasteiger partial charge in [0, 0.05) is 18.6 Å². The van der Waals surface area contributed by atoms with Crippen molar-refractivity contribution in [2.75, 3.05) is 26.4 Å². The summed E-state index contributed by atoms with van der Waals surface area (Å²) in [5.41, 5.74) is 0. The van der Waals surface area contributed by atoms with Crippen molar-refractivity contribution in [1.29, 1.82) is 0 Å². The highest BCUT2D eigenvalue weighted by atomic mass is 16.5. The van der Waals surface area contributed by atoms with Crippen molar-refractivity contribution in [3.05, 3.63) is 30.3 Å². The predicted octanol–water partition coefficient (Wildman–Crippen LogP) is 0.883. The van der Waals surface area contributed by atoms with Crippen LogP contribution in [-0.2, 0) is 0 Å². The topological polar surface area (TPSA) is 52.9 Å². The molecule has 2 atom stereocenters. The Morgan fingerprint density at radius 2 is 1.67 bits per heavy atom. The van der Waals surface area contributed by atoms with E-state index in [0.29, 0.717) is 6.61 Å². The molecule has 1 aliphatic rings. The van der Waals surface area contributed by atoms with E-state index in [1.807, 2.05) is 30.3 Å². The summed E-state index contributed by atoms with van der Waals surface area (Å²) in [7, 11) is 0. The van der Waals surface area contributed by atoms with Crippen LogP contribution in [0.15, 0.2) is 30.3 Å². The number of para-hydroxylation sites is 1. The van der Waals surface area contributed by atoms with Gasteiger partial charge in [-0.3, -0.25) is 4.90 Å². The van der Waals surface area contributed by atoms with Crippen LogP contribution in [0.4, 0.5) is 0 Å². The van der Waals surface area contributed by atoms with Crippen LogP contribution in [0, 0.1) is 0 Å². The molecule has 1 fully saturated rings. The van der Waals surface area contributed by atoms with Gasteiger partial charge >= 0.3 is 0 Å². The van der Waals surface area contributed by atoms with Crippen molar-refractivity contribution in [1.82, 2.24) is 4.90 Å². The molecule has 1 aliphatic heterocycles. The van der Waals surface area contributed by atoms with Crippen molar-refractivity contribution >= 4 is 0 Å². The average molecular weight is 251 g/mol. The van der Waals surface area contributed by atoms with Gasteiger partial charge in [0.05, 0.1) is 13.2 Å². The molecule has 0 unspecified atom stereocenters. The largest absolute Gasteiger partial charge is 0.492 e. The first-order valence-corrected chi connectivity index (χ1v) is 6.50. The number of hydrogen-bond acceptors (Lipinski definition) is 4. The van der Waals surface area contributed by atoms with Crippen LogP contribution in [0.3, 0.4) is 0 Å². The van der Waals surface area contributed by atoms with Gasteiger partial charge in [0.1, 0.15) is 12.4 Å². The summed E-state index contributed by atoms with van der Waals surface area (Å²) >= 11 is 0. The third-order valence-corrected chi connectivity index (χ3v) is 3.55. The van der Waals surface area contributed by atoms with Crippen LogP contribution in [-0.4, -0.2) is 53.6 Å². The van der Waals surface area contributed by atoms with Crippen molar-refractivity contribution in [2.24, 2.45) is 0 Å². The first-order valence-electron chi connectivity index (χ1n) is 6.50. The van der Waals surface area contributed by atoms with Gasteiger partial charge in [-0.1, -0.05) is 18.2 Å². The van der Waals surface area contributed by atoms with E-state index in [4.69, 9.17) is 4.74 Å². The van der Waals surface area contributed by atoms with E-state index in [2.05, 4.69) is 4.90 Å². The molecule has 0 amide bonds. The standard InChI is InChI=1S/C14H21NO3/c16-10-12-6-7-13(11-17)15(12)8-9-18-14-4-2-1-3-5-14/h1-5,12-13,16-17H,6-11H2/t12-,13+. The van der Waals surface area contributed by atoms with E-state index in [9.17, 15) is 10.2 Å². The van der Waals surface area contributed by atoms with E-state index in [-0.39, 0.29) is 25.3 Å². The van der Waals surface area contributed by atoms with Crippen molar-refractivity contribution in [2.45, 2.75) is 24.9 Å². The third-order valence-electron chi connectivity index (χ3n) is 3.55. The highest BCUT2D eigenvalue weighted by Gasteiger charge is 2.31.